The molecule has 0 radical (unpaired) electrons. The molecule has 0 aliphatic heterocycles. The Morgan fingerprint density at radius 1 is 1.36 bits per heavy atom. The number of nitrogens with one attached hydrogen (secondary N) is 1. The number of carbonyl (C=O) groups is 1. The van der Waals surface area contributed by atoms with Crippen LogP contribution in [-0.2, 0) is 22.0 Å². The fraction of sp³-hybridized carbons (Fsp3) is 0.375. The second kappa shape index (κ2) is 7.66. The van der Waals surface area contributed by atoms with Crippen LogP contribution in [-0.4, -0.2) is 40.2 Å². The Morgan fingerprint density at radius 2 is 2.08 bits per heavy atom. The van der Waals surface area contributed by atoms with Gasteiger partial charge >= 0.3 is 0 Å². The van der Waals surface area contributed by atoms with Crippen LogP contribution < -0.4 is 5.48 Å². The minimum atomic E-state index is -2.77. The highest BCUT2D eigenvalue weighted by Gasteiger charge is 2.34. The van der Waals surface area contributed by atoms with Gasteiger partial charge in [0.25, 0.3) is 0 Å². The molecule has 0 saturated carbocycles. The number of nitrogens with zero attached hydrogens (tertiary/aromatic N) is 2. The Kier molecular flexibility index (Phi) is 5.81. The molecule has 1 aromatic carbocycles. The van der Waals surface area contributed by atoms with Crippen molar-refractivity contribution in [1.82, 2.24) is 15.3 Å². The molecule has 0 fully saturated rings. The van der Waals surface area contributed by atoms with E-state index in [0.717, 1.165) is 16.7 Å². The number of rotatable bonds is 7. The van der Waals surface area contributed by atoms with Crippen molar-refractivity contribution in [3.8, 4) is 16.9 Å². The molecule has 1 amide bonds. The highest BCUT2D eigenvalue weighted by molar-refractivity contribution is 7.72. The summed E-state index contributed by atoms with van der Waals surface area (Å²) in [6.45, 7) is 3.59. The zero-order valence-corrected chi connectivity index (χ0v) is 14.9. The van der Waals surface area contributed by atoms with Gasteiger partial charge in [0.2, 0.25) is 5.91 Å². The number of aryl methyl sites for hydroxylation is 2. The number of thiol groups is 1. The summed E-state index contributed by atoms with van der Waals surface area (Å²) in [5, 5.41) is 22.7. The van der Waals surface area contributed by atoms with Crippen LogP contribution in [0.2, 0.25) is 0 Å². The van der Waals surface area contributed by atoms with Gasteiger partial charge in [-0.05, 0) is 43.5 Å². The maximum atomic E-state index is 11.8. The lowest BCUT2D eigenvalue weighted by atomic mass is 9.88. The monoisotopic (exact) mass is 367 g/mol. The molecule has 1 unspecified atom stereocenters. The Hall–Kier alpha value is -2.39. The summed E-state index contributed by atoms with van der Waals surface area (Å²) in [6, 6.07) is 5.21. The van der Waals surface area contributed by atoms with E-state index in [-0.39, 0.29) is 17.9 Å². The van der Waals surface area contributed by atoms with E-state index < -0.39 is 22.0 Å². The summed E-state index contributed by atoms with van der Waals surface area (Å²) in [7, 11) is -2.77. The van der Waals surface area contributed by atoms with E-state index in [1.54, 1.807) is 36.1 Å². The Balaban J connectivity index is 2.14. The third-order valence-electron chi connectivity index (χ3n) is 4.18. The maximum Gasteiger partial charge on any atom is 0.250 e. The van der Waals surface area contributed by atoms with Gasteiger partial charge in [0.1, 0.15) is 16.5 Å². The topological polar surface area (TPSA) is 122 Å². The van der Waals surface area contributed by atoms with Crippen molar-refractivity contribution < 1.29 is 23.5 Å². The number of hydroxylamine groups is 1. The number of phenols is 1. The highest BCUT2D eigenvalue weighted by Crippen LogP contribution is 2.26. The lowest BCUT2D eigenvalue weighted by Crippen LogP contribution is -2.41. The van der Waals surface area contributed by atoms with Gasteiger partial charge in [0.05, 0.1) is 17.4 Å². The van der Waals surface area contributed by atoms with Crippen LogP contribution in [0.15, 0.2) is 30.6 Å². The SMILES string of the molecule is Cc1cc(-c2cnn(CCC(C)(C[SH](=O)=O)C(=O)NO)c2)ccc1O. The first-order valence-corrected chi connectivity index (χ1v) is 9.00. The van der Waals surface area contributed by atoms with Crippen LogP contribution in [0.25, 0.3) is 11.1 Å². The summed E-state index contributed by atoms with van der Waals surface area (Å²) in [5.74, 6) is -0.887. The van der Waals surface area contributed by atoms with Crippen LogP contribution in [0.4, 0.5) is 0 Å². The molecule has 8 nitrogen and oxygen atoms in total. The Labute approximate surface area is 147 Å². The van der Waals surface area contributed by atoms with Crippen molar-refractivity contribution in [3.63, 3.8) is 0 Å². The average molecular weight is 367 g/mol. The van der Waals surface area contributed by atoms with E-state index in [0.29, 0.717) is 6.54 Å². The van der Waals surface area contributed by atoms with Crippen molar-refractivity contribution in [3.05, 3.63) is 36.2 Å². The number of hydrogen-bond donors (Lipinski definition) is 4. The number of benzene rings is 1. The summed E-state index contributed by atoms with van der Waals surface area (Å²) in [4.78, 5) is 11.8. The molecule has 0 aliphatic rings. The minimum Gasteiger partial charge on any atom is -0.508 e. The molecule has 3 N–H and O–H groups in total. The van der Waals surface area contributed by atoms with E-state index >= 15 is 0 Å². The molecular formula is C16H21N3O5S. The standard InChI is InChI=1S/C16H21N3O5S/c1-11-7-12(3-4-14(11)20)13-8-17-19(9-13)6-5-16(2,10-25(23)24)15(21)18-22/h3-4,7-9,20,22,25H,5-6,10H2,1-2H3,(H,18,21). The third kappa shape index (κ3) is 4.58. The molecule has 0 spiro atoms. The van der Waals surface area contributed by atoms with Gasteiger partial charge in [-0.25, -0.2) is 13.9 Å². The first kappa shape index (κ1) is 18.9. The van der Waals surface area contributed by atoms with Crippen LogP contribution in [0, 0.1) is 12.3 Å². The van der Waals surface area contributed by atoms with Gasteiger partial charge in [-0.3, -0.25) is 14.7 Å². The van der Waals surface area contributed by atoms with Gasteiger partial charge in [-0.1, -0.05) is 6.07 Å². The smallest absolute Gasteiger partial charge is 0.250 e. The number of aromatic nitrogens is 2. The molecule has 0 saturated heterocycles. The second-order valence-electron chi connectivity index (χ2n) is 6.24. The van der Waals surface area contributed by atoms with Crippen molar-refractivity contribution in [1.29, 1.82) is 0 Å². The van der Waals surface area contributed by atoms with Gasteiger partial charge in [-0.2, -0.15) is 5.10 Å². The fourth-order valence-corrected chi connectivity index (χ4v) is 3.39. The van der Waals surface area contributed by atoms with Crippen molar-refractivity contribution in [2.24, 2.45) is 5.41 Å². The maximum absolute atomic E-state index is 11.8. The lowest BCUT2D eigenvalue weighted by Gasteiger charge is -2.24. The van der Waals surface area contributed by atoms with E-state index in [9.17, 15) is 18.3 Å². The molecular weight excluding hydrogens is 346 g/mol. The number of aromatic hydroxyl groups is 1. The van der Waals surface area contributed by atoms with Gasteiger partial charge in [0.15, 0.2) is 0 Å². The quantitative estimate of drug-likeness (QED) is 0.330. The Morgan fingerprint density at radius 3 is 2.68 bits per heavy atom. The summed E-state index contributed by atoms with van der Waals surface area (Å²) in [5.41, 5.74) is 2.76. The molecule has 2 aromatic rings. The highest BCUT2D eigenvalue weighted by atomic mass is 32.2. The predicted octanol–water partition coefficient (Wildman–Crippen LogP) is 1.08. The van der Waals surface area contributed by atoms with E-state index in [2.05, 4.69) is 5.10 Å². The number of amides is 1. The summed E-state index contributed by atoms with van der Waals surface area (Å²) >= 11 is 0. The lowest BCUT2D eigenvalue weighted by molar-refractivity contribution is -0.138. The zero-order chi connectivity index (χ0) is 18.6. The predicted molar refractivity (Wildman–Crippen MR) is 91.9 cm³/mol. The molecule has 0 bridgehead atoms. The number of phenolic OH excluding ortho intramolecular Hbond substituents is 1. The van der Waals surface area contributed by atoms with Crippen molar-refractivity contribution in [2.45, 2.75) is 26.8 Å². The molecule has 1 aromatic heterocycles. The van der Waals surface area contributed by atoms with Crippen molar-refractivity contribution >= 4 is 16.6 Å². The molecule has 0 aliphatic carbocycles. The first-order valence-electron chi connectivity index (χ1n) is 7.64. The van der Waals surface area contributed by atoms with Crippen LogP contribution in [0.1, 0.15) is 18.9 Å². The van der Waals surface area contributed by atoms with E-state index in [1.807, 2.05) is 6.07 Å². The second-order valence-corrected chi connectivity index (χ2v) is 7.22. The molecule has 9 heteroatoms. The first-order chi connectivity index (χ1) is 11.7. The molecule has 25 heavy (non-hydrogen) atoms. The zero-order valence-electron chi connectivity index (χ0n) is 14.0. The van der Waals surface area contributed by atoms with Crippen LogP contribution in [0.5, 0.6) is 5.75 Å². The van der Waals surface area contributed by atoms with E-state index in [4.69, 9.17) is 5.21 Å². The molecule has 2 rings (SSSR count). The minimum absolute atomic E-state index is 0.193. The fourth-order valence-electron chi connectivity index (χ4n) is 2.52. The average Bonchev–Trinajstić information content (AvgIpc) is 3.03. The Bertz CT molecular complexity index is 838. The molecule has 136 valence electrons. The van der Waals surface area contributed by atoms with Crippen LogP contribution in [0.3, 0.4) is 0 Å². The summed E-state index contributed by atoms with van der Waals surface area (Å²) < 4.78 is 23.7. The number of carbonyl (C=O) groups excluding carboxylic acids is 1. The molecule has 1 heterocycles. The van der Waals surface area contributed by atoms with Gasteiger partial charge in [0, 0.05) is 18.3 Å². The van der Waals surface area contributed by atoms with Gasteiger partial charge < -0.3 is 5.11 Å². The number of hydrogen-bond acceptors (Lipinski definition) is 6. The van der Waals surface area contributed by atoms with Gasteiger partial charge in [-0.15, -0.1) is 0 Å². The third-order valence-corrected chi connectivity index (χ3v) is 5.14. The largest absolute Gasteiger partial charge is 0.508 e. The normalized spacial score (nSPS) is 13.6. The van der Waals surface area contributed by atoms with Crippen LogP contribution >= 0.6 is 0 Å². The van der Waals surface area contributed by atoms with Crippen molar-refractivity contribution in [2.75, 3.05) is 5.75 Å². The molecule has 1 atom stereocenters. The summed E-state index contributed by atoms with van der Waals surface area (Å²) in [6.07, 6.45) is 3.63. The van der Waals surface area contributed by atoms with E-state index in [1.165, 1.54) is 12.4 Å².